The van der Waals surface area contributed by atoms with E-state index in [0.717, 1.165) is 60.3 Å². The number of nitrogens with zero attached hydrogens (tertiary/aromatic N) is 4. The van der Waals surface area contributed by atoms with E-state index >= 15 is 0 Å². The number of aromatic nitrogens is 2. The van der Waals surface area contributed by atoms with Crippen LogP contribution in [0, 0.1) is 18.8 Å². The normalized spacial score (nSPS) is 19.4. The van der Waals surface area contributed by atoms with Crippen molar-refractivity contribution in [1.29, 1.82) is 0 Å². The minimum atomic E-state index is -0.530. The molecule has 0 unspecified atom stereocenters. The molecule has 5 rings (SSSR count). The van der Waals surface area contributed by atoms with E-state index in [1.54, 1.807) is 16.2 Å². The SMILES string of the molecule is Cc1ncsc1-c1ccc([C@H](C)NC(=O)[C@@H]2CCCN2C(=O)[C@@H](c2cc(N3CCC(C=O)CC3)no2)C(C)C)cc1. The lowest BCUT2D eigenvalue weighted by Crippen LogP contribution is -2.48. The summed E-state index contributed by atoms with van der Waals surface area (Å²) in [6.45, 7) is 9.96. The molecule has 2 aromatic heterocycles. The van der Waals surface area contributed by atoms with Crippen LogP contribution < -0.4 is 10.2 Å². The lowest BCUT2D eigenvalue weighted by Gasteiger charge is -2.30. The second kappa shape index (κ2) is 12.5. The van der Waals surface area contributed by atoms with Crippen LogP contribution in [0.15, 0.2) is 40.4 Å². The van der Waals surface area contributed by atoms with Gasteiger partial charge in [-0.05, 0) is 56.6 Å². The molecule has 0 aliphatic carbocycles. The summed E-state index contributed by atoms with van der Waals surface area (Å²) in [7, 11) is 0. The zero-order valence-corrected chi connectivity index (χ0v) is 25.0. The second-order valence-electron chi connectivity index (χ2n) is 11.6. The Morgan fingerprint density at radius 2 is 1.83 bits per heavy atom. The van der Waals surface area contributed by atoms with Crippen LogP contribution in [-0.4, -0.2) is 58.8 Å². The largest absolute Gasteiger partial charge is 0.358 e. The molecular weight excluding hydrogens is 538 g/mol. The highest BCUT2D eigenvalue weighted by atomic mass is 32.1. The van der Waals surface area contributed by atoms with Crippen molar-refractivity contribution in [1.82, 2.24) is 20.4 Å². The van der Waals surface area contributed by atoms with Gasteiger partial charge in [-0.3, -0.25) is 9.59 Å². The van der Waals surface area contributed by atoms with Gasteiger partial charge in [0.15, 0.2) is 11.6 Å². The molecule has 0 radical (unpaired) electrons. The first-order chi connectivity index (χ1) is 19.8. The number of anilines is 1. The number of aryl methyl sites for hydroxylation is 1. The van der Waals surface area contributed by atoms with Crippen LogP contribution in [0.2, 0.25) is 0 Å². The maximum Gasteiger partial charge on any atom is 0.243 e. The van der Waals surface area contributed by atoms with Crippen molar-refractivity contribution in [3.8, 4) is 10.4 Å². The summed E-state index contributed by atoms with van der Waals surface area (Å²) in [4.78, 5) is 47.8. The number of nitrogens with one attached hydrogen (secondary N) is 1. The molecule has 2 aliphatic rings. The number of rotatable bonds is 9. The van der Waals surface area contributed by atoms with Crippen molar-refractivity contribution in [3.05, 3.63) is 52.9 Å². The standard InChI is InChI=1S/C31H39N5O4S/c1-19(2)28(26-16-27(34-40-26)35-14-11-22(17-37)12-15-35)31(39)36-13-5-6-25(36)30(38)33-20(3)23-7-9-24(10-8-23)29-21(4)32-18-41-29/h7-10,16-20,22,25,28H,5-6,11-15H2,1-4H3,(H,33,38)/t20-,25-,28+/m0/s1. The van der Waals surface area contributed by atoms with Crippen molar-refractivity contribution >= 4 is 35.3 Å². The Bertz CT molecular complexity index is 1360. The van der Waals surface area contributed by atoms with Crippen molar-refractivity contribution in [2.75, 3.05) is 24.5 Å². The molecule has 2 fully saturated rings. The average molecular weight is 578 g/mol. The van der Waals surface area contributed by atoms with Crippen molar-refractivity contribution in [2.45, 2.75) is 71.4 Å². The van der Waals surface area contributed by atoms with Gasteiger partial charge < -0.3 is 24.4 Å². The fourth-order valence-corrected chi connectivity index (χ4v) is 6.76. The van der Waals surface area contributed by atoms with Crippen molar-refractivity contribution in [3.63, 3.8) is 0 Å². The number of amides is 2. The van der Waals surface area contributed by atoms with E-state index in [4.69, 9.17) is 4.52 Å². The summed E-state index contributed by atoms with van der Waals surface area (Å²) in [5, 5.41) is 7.41. The predicted molar refractivity (Wildman–Crippen MR) is 159 cm³/mol. The fraction of sp³-hybridized carbons (Fsp3) is 0.516. The van der Waals surface area contributed by atoms with Crippen LogP contribution in [0.5, 0.6) is 0 Å². The number of hydrogen-bond acceptors (Lipinski definition) is 8. The van der Waals surface area contributed by atoms with Crippen LogP contribution in [0.25, 0.3) is 10.4 Å². The van der Waals surface area contributed by atoms with Gasteiger partial charge in [-0.1, -0.05) is 43.3 Å². The Labute approximate surface area is 245 Å². The molecule has 4 heterocycles. The first kappa shape index (κ1) is 29.0. The highest BCUT2D eigenvalue weighted by Gasteiger charge is 2.40. The van der Waals surface area contributed by atoms with Gasteiger partial charge >= 0.3 is 0 Å². The van der Waals surface area contributed by atoms with E-state index in [9.17, 15) is 14.4 Å². The van der Waals surface area contributed by atoms with Gasteiger partial charge in [0.25, 0.3) is 0 Å². The van der Waals surface area contributed by atoms with Gasteiger partial charge in [0.05, 0.1) is 22.1 Å². The van der Waals surface area contributed by atoms with Crippen LogP contribution in [0.3, 0.4) is 0 Å². The molecule has 2 saturated heterocycles. The summed E-state index contributed by atoms with van der Waals surface area (Å²) in [5.74, 6) is 0.514. The number of hydrogen-bond donors (Lipinski definition) is 1. The molecule has 1 N–H and O–H groups in total. The highest BCUT2D eigenvalue weighted by molar-refractivity contribution is 7.13. The molecule has 41 heavy (non-hydrogen) atoms. The van der Waals surface area contributed by atoms with E-state index in [2.05, 4.69) is 32.5 Å². The van der Waals surface area contributed by atoms with Crippen LogP contribution in [0.4, 0.5) is 5.82 Å². The molecule has 0 spiro atoms. The number of carbonyl (C=O) groups excluding carboxylic acids is 3. The van der Waals surface area contributed by atoms with Gasteiger partial charge in [-0.25, -0.2) is 4.98 Å². The molecule has 1 aromatic carbocycles. The molecule has 0 bridgehead atoms. The maximum atomic E-state index is 13.9. The fourth-order valence-electron chi connectivity index (χ4n) is 5.95. The first-order valence-corrected chi connectivity index (χ1v) is 15.4. The molecule has 0 saturated carbocycles. The van der Waals surface area contributed by atoms with Gasteiger partial charge in [0, 0.05) is 31.6 Å². The summed E-state index contributed by atoms with van der Waals surface area (Å²) in [5.41, 5.74) is 4.98. The molecule has 9 nitrogen and oxygen atoms in total. The average Bonchev–Trinajstić information content (AvgIpc) is 3.74. The molecule has 218 valence electrons. The predicted octanol–water partition coefficient (Wildman–Crippen LogP) is 5.13. The zero-order chi connectivity index (χ0) is 29.1. The van der Waals surface area contributed by atoms with Gasteiger partial charge in [-0.2, -0.15) is 0 Å². The van der Waals surface area contributed by atoms with Gasteiger partial charge in [-0.15, -0.1) is 11.3 Å². The van der Waals surface area contributed by atoms with E-state index in [-0.39, 0.29) is 29.7 Å². The molecule has 3 aromatic rings. The molecular formula is C31H39N5O4S. The van der Waals surface area contributed by atoms with E-state index < -0.39 is 12.0 Å². The van der Waals surface area contributed by atoms with Crippen LogP contribution in [0.1, 0.15) is 75.4 Å². The topological polar surface area (TPSA) is 109 Å². The minimum absolute atomic E-state index is 0.0342. The van der Waals surface area contributed by atoms with Gasteiger partial charge in [0.1, 0.15) is 18.2 Å². The Balaban J connectivity index is 1.24. The molecule has 3 atom stereocenters. The number of benzene rings is 1. The Morgan fingerprint density at radius 1 is 1.10 bits per heavy atom. The Morgan fingerprint density at radius 3 is 2.46 bits per heavy atom. The van der Waals surface area contributed by atoms with Gasteiger partial charge in [0.2, 0.25) is 11.8 Å². The third kappa shape index (κ3) is 6.22. The highest BCUT2D eigenvalue weighted by Crippen LogP contribution is 2.34. The molecule has 10 heteroatoms. The van der Waals surface area contributed by atoms with Crippen molar-refractivity contribution in [2.24, 2.45) is 11.8 Å². The first-order valence-electron chi connectivity index (χ1n) is 14.5. The zero-order valence-electron chi connectivity index (χ0n) is 24.2. The van der Waals surface area contributed by atoms with Crippen molar-refractivity contribution < 1.29 is 18.9 Å². The molecule has 2 amide bonds. The number of aldehydes is 1. The minimum Gasteiger partial charge on any atom is -0.358 e. The third-order valence-corrected chi connectivity index (χ3v) is 9.40. The lowest BCUT2D eigenvalue weighted by atomic mass is 9.91. The summed E-state index contributed by atoms with van der Waals surface area (Å²) < 4.78 is 5.72. The smallest absolute Gasteiger partial charge is 0.243 e. The van der Waals surface area contributed by atoms with E-state index in [1.807, 2.05) is 51.4 Å². The number of likely N-dealkylation sites (tertiary alicyclic amines) is 1. The molecule has 2 aliphatic heterocycles. The quantitative estimate of drug-likeness (QED) is 0.351. The Kier molecular flexibility index (Phi) is 8.87. The van der Waals surface area contributed by atoms with E-state index in [1.165, 1.54) is 0 Å². The summed E-state index contributed by atoms with van der Waals surface area (Å²) in [6, 6.07) is 9.34. The lowest BCUT2D eigenvalue weighted by molar-refractivity contribution is -0.141. The third-order valence-electron chi connectivity index (χ3n) is 8.43. The second-order valence-corrected chi connectivity index (χ2v) is 12.4. The maximum absolute atomic E-state index is 13.9. The van der Waals surface area contributed by atoms with E-state index in [0.29, 0.717) is 24.5 Å². The monoisotopic (exact) mass is 577 g/mol. The number of carbonyl (C=O) groups is 3. The number of thiazole rings is 1. The Hall–Kier alpha value is -3.53. The summed E-state index contributed by atoms with van der Waals surface area (Å²) in [6.07, 6.45) is 4.02. The van der Waals surface area contributed by atoms with Crippen LogP contribution in [-0.2, 0) is 14.4 Å². The number of piperidine rings is 1. The summed E-state index contributed by atoms with van der Waals surface area (Å²) >= 11 is 1.62. The van der Waals surface area contributed by atoms with Crippen LogP contribution >= 0.6 is 11.3 Å².